The Morgan fingerprint density at radius 3 is 1.24 bits per heavy atom. The maximum absolute atomic E-state index is 12.1. The lowest BCUT2D eigenvalue weighted by molar-refractivity contribution is 0.0979. The van der Waals surface area contributed by atoms with E-state index in [1.54, 1.807) is 48.5 Å². The van der Waals surface area contributed by atoms with Crippen LogP contribution in [0.1, 0.15) is 31.8 Å². The van der Waals surface area contributed by atoms with Crippen molar-refractivity contribution in [3.8, 4) is 0 Å². The van der Waals surface area contributed by atoms with E-state index in [1.165, 1.54) is 0 Å². The molecule has 0 saturated heterocycles. The molecular formula is C16H11O4S-. The minimum absolute atomic E-state index is 0.0641. The highest BCUT2D eigenvalue weighted by Gasteiger charge is 2.28. The standard InChI is InChI=1S/C14H8O2.C2H4O2S/c15-13-9-5-1-2-6-10(9)14(16)12-8-4-3-7-11(12)13;1-2-5(3)4/h1-8H;2H,1H2,(H,3,4)/p-1. The van der Waals surface area contributed by atoms with Gasteiger partial charge in [-0.3, -0.25) is 13.8 Å². The Hall–Kier alpha value is -2.37. The summed E-state index contributed by atoms with van der Waals surface area (Å²) < 4.78 is 18.5. The number of benzene rings is 2. The summed E-state index contributed by atoms with van der Waals surface area (Å²) in [5, 5.41) is 0.833. The normalized spacial score (nSPS) is 13.4. The second kappa shape index (κ2) is 6.39. The largest absolute Gasteiger partial charge is 0.769 e. The second-order valence-corrected chi connectivity index (χ2v) is 5.03. The van der Waals surface area contributed by atoms with E-state index in [4.69, 9.17) is 0 Å². The molecule has 1 unspecified atom stereocenters. The van der Waals surface area contributed by atoms with Gasteiger partial charge in [-0.05, 0) is 16.5 Å². The topological polar surface area (TPSA) is 74.3 Å². The second-order valence-electron chi connectivity index (χ2n) is 4.18. The van der Waals surface area contributed by atoms with Crippen LogP contribution in [-0.2, 0) is 11.1 Å². The Kier molecular flexibility index (Phi) is 4.57. The number of rotatable bonds is 1. The molecule has 0 spiro atoms. The maximum Gasteiger partial charge on any atom is 0.194 e. The number of carbonyl (C=O) groups is 2. The summed E-state index contributed by atoms with van der Waals surface area (Å²) >= 11 is -2.06. The summed E-state index contributed by atoms with van der Waals surface area (Å²) in [6.45, 7) is 2.95. The Labute approximate surface area is 124 Å². The molecular weight excluding hydrogens is 288 g/mol. The van der Waals surface area contributed by atoms with E-state index >= 15 is 0 Å². The fourth-order valence-corrected chi connectivity index (χ4v) is 2.05. The molecule has 0 bridgehead atoms. The summed E-state index contributed by atoms with van der Waals surface area (Å²) in [4.78, 5) is 24.2. The molecule has 2 aromatic rings. The van der Waals surface area contributed by atoms with E-state index in [0.29, 0.717) is 22.3 Å². The zero-order chi connectivity index (χ0) is 15.4. The van der Waals surface area contributed by atoms with Crippen LogP contribution in [0.3, 0.4) is 0 Å². The number of hydrogen-bond acceptors (Lipinski definition) is 4. The molecule has 0 N–H and O–H groups in total. The maximum atomic E-state index is 12.1. The van der Waals surface area contributed by atoms with Crippen LogP contribution in [0.4, 0.5) is 0 Å². The van der Waals surface area contributed by atoms with Crippen molar-refractivity contribution in [2.45, 2.75) is 0 Å². The van der Waals surface area contributed by atoms with E-state index in [2.05, 4.69) is 6.58 Å². The summed E-state index contributed by atoms with van der Waals surface area (Å²) in [7, 11) is 0. The quantitative estimate of drug-likeness (QED) is 0.647. The van der Waals surface area contributed by atoms with Crippen molar-refractivity contribution in [2.75, 3.05) is 0 Å². The molecule has 1 atom stereocenters. The third kappa shape index (κ3) is 3.04. The number of carbonyl (C=O) groups excluding carboxylic acids is 2. The van der Waals surface area contributed by atoms with Crippen molar-refractivity contribution >= 4 is 22.6 Å². The van der Waals surface area contributed by atoms with Crippen molar-refractivity contribution in [1.82, 2.24) is 0 Å². The molecule has 0 radical (unpaired) electrons. The molecule has 0 aromatic heterocycles. The van der Waals surface area contributed by atoms with Crippen LogP contribution < -0.4 is 0 Å². The summed E-state index contributed by atoms with van der Waals surface area (Å²) in [6.07, 6.45) is 0. The minimum Gasteiger partial charge on any atom is -0.769 e. The molecule has 0 saturated carbocycles. The fourth-order valence-electron chi connectivity index (χ4n) is 2.05. The van der Waals surface area contributed by atoms with Crippen LogP contribution in [-0.4, -0.2) is 20.3 Å². The molecule has 21 heavy (non-hydrogen) atoms. The van der Waals surface area contributed by atoms with Gasteiger partial charge in [0.05, 0.1) is 0 Å². The van der Waals surface area contributed by atoms with Gasteiger partial charge >= 0.3 is 0 Å². The molecule has 2 aromatic carbocycles. The summed E-state index contributed by atoms with van der Waals surface area (Å²) in [5.74, 6) is -0.128. The first-order valence-electron chi connectivity index (χ1n) is 6.04. The van der Waals surface area contributed by atoms with Crippen LogP contribution in [0.2, 0.25) is 0 Å². The zero-order valence-corrected chi connectivity index (χ0v) is 11.8. The van der Waals surface area contributed by atoms with Gasteiger partial charge in [0, 0.05) is 22.3 Å². The van der Waals surface area contributed by atoms with Crippen molar-refractivity contribution in [1.29, 1.82) is 0 Å². The van der Waals surface area contributed by atoms with Crippen LogP contribution >= 0.6 is 0 Å². The lowest BCUT2D eigenvalue weighted by Gasteiger charge is -2.16. The van der Waals surface area contributed by atoms with E-state index in [0.717, 1.165) is 5.41 Å². The van der Waals surface area contributed by atoms with E-state index in [1.807, 2.05) is 0 Å². The SMILES string of the molecule is C=CS(=O)[O-].O=C1c2ccccc2C(=O)c2ccccc21. The van der Waals surface area contributed by atoms with Gasteiger partial charge in [0.1, 0.15) is 0 Å². The number of fused-ring (bicyclic) bond motifs is 2. The van der Waals surface area contributed by atoms with Gasteiger partial charge in [-0.2, -0.15) is 0 Å². The Morgan fingerprint density at radius 1 is 0.810 bits per heavy atom. The van der Waals surface area contributed by atoms with Crippen molar-refractivity contribution in [2.24, 2.45) is 0 Å². The van der Waals surface area contributed by atoms with Crippen molar-refractivity contribution in [3.05, 3.63) is 82.8 Å². The van der Waals surface area contributed by atoms with Gasteiger partial charge in [-0.15, -0.1) is 0 Å². The van der Waals surface area contributed by atoms with Crippen LogP contribution in [0.5, 0.6) is 0 Å². The van der Waals surface area contributed by atoms with E-state index in [9.17, 15) is 18.4 Å². The Balaban J connectivity index is 0.000000282. The highest BCUT2D eigenvalue weighted by Crippen LogP contribution is 2.26. The first kappa shape index (κ1) is 15.0. The third-order valence-corrected chi connectivity index (χ3v) is 3.24. The lowest BCUT2D eigenvalue weighted by atomic mass is 9.84. The van der Waals surface area contributed by atoms with Gasteiger partial charge in [-0.1, -0.05) is 55.1 Å². The van der Waals surface area contributed by atoms with Gasteiger partial charge in [0.25, 0.3) is 0 Å². The van der Waals surface area contributed by atoms with Crippen LogP contribution in [0.25, 0.3) is 0 Å². The molecule has 4 nitrogen and oxygen atoms in total. The first-order chi connectivity index (χ1) is 10.1. The molecule has 1 aliphatic rings. The molecule has 106 valence electrons. The van der Waals surface area contributed by atoms with Crippen LogP contribution in [0.15, 0.2) is 60.5 Å². The Morgan fingerprint density at radius 2 is 1.05 bits per heavy atom. The number of hydrogen-bond donors (Lipinski definition) is 0. The smallest absolute Gasteiger partial charge is 0.194 e. The molecule has 0 aliphatic heterocycles. The average molecular weight is 299 g/mol. The van der Waals surface area contributed by atoms with Gasteiger partial charge in [0.2, 0.25) is 0 Å². The predicted molar refractivity (Wildman–Crippen MR) is 78.9 cm³/mol. The van der Waals surface area contributed by atoms with Gasteiger partial charge in [0.15, 0.2) is 11.6 Å². The van der Waals surface area contributed by atoms with Gasteiger partial charge < -0.3 is 4.55 Å². The summed E-state index contributed by atoms with van der Waals surface area (Å²) in [6, 6.07) is 13.9. The average Bonchev–Trinajstić information content (AvgIpc) is 2.53. The Bertz CT molecular complexity index is 644. The zero-order valence-electron chi connectivity index (χ0n) is 10.9. The highest BCUT2D eigenvalue weighted by atomic mass is 32.2. The third-order valence-electron chi connectivity index (χ3n) is 2.97. The highest BCUT2D eigenvalue weighted by molar-refractivity contribution is 7.82. The monoisotopic (exact) mass is 299 g/mol. The molecule has 0 amide bonds. The van der Waals surface area contributed by atoms with Crippen molar-refractivity contribution < 1.29 is 18.4 Å². The number of ketones is 2. The predicted octanol–water partition coefficient (Wildman–Crippen LogP) is 2.47. The molecule has 5 heteroatoms. The molecule has 0 heterocycles. The van der Waals surface area contributed by atoms with Crippen molar-refractivity contribution in [3.63, 3.8) is 0 Å². The fraction of sp³-hybridized carbons (Fsp3) is 0. The molecule has 1 aliphatic carbocycles. The lowest BCUT2D eigenvalue weighted by Crippen LogP contribution is -2.20. The van der Waals surface area contributed by atoms with Gasteiger partial charge in [-0.25, -0.2) is 0 Å². The van der Waals surface area contributed by atoms with E-state index < -0.39 is 11.1 Å². The minimum atomic E-state index is -2.06. The molecule has 3 rings (SSSR count). The van der Waals surface area contributed by atoms with Crippen LogP contribution in [0, 0.1) is 0 Å². The molecule has 0 fully saturated rings. The summed E-state index contributed by atoms with van der Waals surface area (Å²) in [5.41, 5.74) is 2.02. The first-order valence-corrected chi connectivity index (χ1v) is 7.18. The van der Waals surface area contributed by atoms with E-state index in [-0.39, 0.29) is 11.6 Å².